The Morgan fingerprint density at radius 3 is 2.06 bits per heavy atom. The van der Waals surface area contributed by atoms with Crippen LogP contribution >= 0.6 is 0 Å². The van der Waals surface area contributed by atoms with E-state index in [0.717, 1.165) is 11.3 Å². The van der Waals surface area contributed by atoms with Crippen LogP contribution in [-0.4, -0.2) is 26.9 Å². The van der Waals surface area contributed by atoms with Gasteiger partial charge in [0, 0.05) is 32.4 Å². The van der Waals surface area contributed by atoms with Crippen molar-refractivity contribution < 1.29 is 8.42 Å². The van der Waals surface area contributed by atoms with E-state index in [1.165, 1.54) is 21.3 Å². The lowest BCUT2D eigenvalue weighted by Gasteiger charge is -2.11. The van der Waals surface area contributed by atoms with Crippen LogP contribution in [-0.2, 0) is 31.2 Å². The van der Waals surface area contributed by atoms with E-state index < -0.39 is 10.0 Å². The largest absolute Gasteiger partial charge is 0.328 e. The molecule has 0 fully saturated rings. The summed E-state index contributed by atoms with van der Waals surface area (Å²) in [6.07, 6.45) is 0. The molecular formula is C23H27N5O4S. The van der Waals surface area contributed by atoms with Crippen LogP contribution in [0.5, 0.6) is 0 Å². The van der Waals surface area contributed by atoms with E-state index in [4.69, 9.17) is 0 Å². The molecule has 4 rings (SSSR count). The first-order valence-electron chi connectivity index (χ1n) is 10.5. The quantitative estimate of drug-likeness (QED) is 0.486. The normalized spacial score (nSPS) is 12.1. The second-order valence-electron chi connectivity index (χ2n) is 8.50. The van der Waals surface area contributed by atoms with Crippen LogP contribution in [0.25, 0.3) is 16.7 Å². The molecule has 1 N–H and O–H groups in total. The number of nitrogens with one attached hydrogen (secondary N) is 1. The number of fused-ring (bicyclic) bond motifs is 1. The molecule has 0 aliphatic rings. The smallest absolute Gasteiger partial charge is 0.295 e. The van der Waals surface area contributed by atoms with Gasteiger partial charge in [-0.3, -0.25) is 23.3 Å². The molecule has 2 heterocycles. The minimum atomic E-state index is -3.87. The van der Waals surface area contributed by atoms with Crippen molar-refractivity contribution >= 4 is 26.7 Å². The van der Waals surface area contributed by atoms with Crippen LogP contribution in [0.2, 0.25) is 0 Å². The maximum atomic E-state index is 13.0. The molecule has 0 saturated heterocycles. The van der Waals surface area contributed by atoms with Crippen molar-refractivity contribution in [1.29, 1.82) is 0 Å². The molecule has 174 valence electrons. The van der Waals surface area contributed by atoms with Gasteiger partial charge in [-0.05, 0) is 55.3 Å². The minimum absolute atomic E-state index is 0.0661. The first-order chi connectivity index (χ1) is 15.4. The molecule has 0 spiro atoms. The zero-order chi connectivity index (χ0) is 24.2. The van der Waals surface area contributed by atoms with Gasteiger partial charge < -0.3 is 0 Å². The third kappa shape index (κ3) is 3.60. The number of sulfonamides is 1. The highest BCUT2D eigenvalue weighted by atomic mass is 32.2. The fraction of sp³-hybridized carbons (Fsp3) is 0.304. The summed E-state index contributed by atoms with van der Waals surface area (Å²) >= 11 is 0. The SMILES string of the molecule is Cc1c(C(C)C)c(=O)n(-c2ccc(S(=O)(=O)Nc3ccc4c(c3)n(C)c(=O)n4C)cc2)n1C. The number of hydrogen-bond acceptors (Lipinski definition) is 4. The Bertz CT molecular complexity index is 1600. The van der Waals surface area contributed by atoms with Crippen LogP contribution in [0.4, 0.5) is 5.69 Å². The fourth-order valence-electron chi connectivity index (χ4n) is 4.24. The first kappa shape index (κ1) is 22.7. The molecular weight excluding hydrogens is 442 g/mol. The lowest BCUT2D eigenvalue weighted by atomic mass is 10.0. The van der Waals surface area contributed by atoms with Crippen molar-refractivity contribution in [3.8, 4) is 5.69 Å². The summed E-state index contributed by atoms with van der Waals surface area (Å²) in [6.45, 7) is 5.84. The van der Waals surface area contributed by atoms with Gasteiger partial charge in [0.2, 0.25) is 0 Å². The summed E-state index contributed by atoms with van der Waals surface area (Å²) in [4.78, 5) is 25.1. The lowest BCUT2D eigenvalue weighted by Crippen LogP contribution is -2.21. The molecule has 9 nitrogen and oxygen atoms in total. The Morgan fingerprint density at radius 2 is 1.48 bits per heavy atom. The predicted octanol–water partition coefficient (Wildman–Crippen LogP) is 2.60. The molecule has 0 aliphatic heterocycles. The fourth-order valence-corrected chi connectivity index (χ4v) is 5.28. The van der Waals surface area contributed by atoms with E-state index in [2.05, 4.69) is 4.72 Å². The van der Waals surface area contributed by atoms with Gasteiger partial charge in [0.15, 0.2) is 0 Å². The summed E-state index contributed by atoms with van der Waals surface area (Å²) in [5.41, 5.74) is 3.57. The van der Waals surface area contributed by atoms with Gasteiger partial charge in [0.1, 0.15) is 0 Å². The molecule has 0 radical (unpaired) electrons. The summed E-state index contributed by atoms with van der Waals surface area (Å²) < 4.78 is 34.8. The van der Waals surface area contributed by atoms with Gasteiger partial charge in [0.25, 0.3) is 15.6 Å². The highest BCUT2D eigenvalue weighted by molar-refractivity contribution is 7.92. The number of benzene rings is 2. The Hall–Kier alpha value is -3.53. The van der Waals surface area contributed by atoms with Gasteiger partial charge in [0.05, 0.1) is 27.3 Å². The third-order valence-corrected chi connectivity index (χ3v) is 7.49. The van der Waals surface area contributed by atoms with Crippen molar-refractivity contribution in [1.82, 2.24) is 18.5 Å². The summed E-state index contributed by atoms with van der Waals surface area (Å²) in [5, 5.41) is 0. The van der Waals surface area contributed by atoms with E-state index in [1.54, 1.807) is 53.8 Å². The Morgan fingerprint density at radius 1 is 0.879 bits per heavy atom. The van der Waals surface area contributed by atoms with E-state index in [9.17, 15) is 18.0 Å². The van der Waals surface area contributed by atoms with E-state index in [-0.39, 0.29) is 22.1 Å². The van der Waals surface area contributed by atoms with Gasteiger partial charge in [-0.2, -0.15) is 0 Å². The number of anilines is 1. The number of nitrogens with zero attached hydrogens (tertiary/aromatic N) is 4. The molecule has 0 unspecified atom stereocenters. The average molecular weight is 470 g/mol. The molecule has 4 aromatic rings. The van der Waals surface area contributed by atoms with Crippen LogP contribution in [0.15, 0.2) is 56.9 Å². The van der Waals surface area contributed by atoms with Crippen molar-refractivity contribution in [2.45, 2.75) is 31.6 Å². The Balaban J connectivity index is 1.68. The Labute approximate surface area is 191 Å². The highest BCUT2D eigenvalue weighted by Crippen LogP contribution is 2.22. The van der Waals surface area contributed by atoms with Crippen molar-refractivity contribution in [3.05, 3.63) is 74.6 Å². The van der Waals surface area contributed by atoms with Crippen molar-refractivity contribution in [2.24, 2.45) is 21.1 Å². The van der Waals surface area contributed by atoms with E-state index >= 15 is 0 Å². The zero-order valence-corrected chi connectivity index (χ0v) is 20.3. The van der Waals surface area contributed by atoms with E-state index in [1.807, 2.05) is 27.8 Å². The van der Waals surface area contributed by atoms with Crippen LogP contribution < -0.4 is 16.0 Å². The molecule has 0 amide bonds. The molecule has 0 bridgehead atoms. The first-order valence-corrected chi connectivity index (χ1v) is 12.0. The molecule has 33 heavy (non-hydrogen) atoms. The number of aromatic nitrogens is 4. The minimum Gasteiger partial charge on any atom is -0.295 e. The molecule has 2 aromatic heterocycles. The summed E-state index contributed by atoms with van der Waals surface area (Å²) in [7, 11) is 1.24. The monoisotopic (exact) mass is 469 g/mol. The van der Waals surface area contributed by atoms with E-state index in [0.29, 0.717) is 22.4 Å². The standard InChI is InChI=1S/C23H27N5O4S/c1-14(2)21-15(3)27(6)28(22(21)29)17-8-10-18(11-9-17)33(31,32)24-16-7-12-19-20(13-16)26(5)23(30)25(19)4/h7-14,24H,1-6H3. The number of imidazole rings is 1. The van der Waals surface area contributed by atoms with Gasteiger partial charge >= 0.3 is 5.69 Å². The van der Waals surface area contributed by atoms with Gasteiger partial charge in [-0.1, -0.05) is 13.8 Å². The summed E-state index contributed by atoms with van der Waals surface area (Å²) in [5.74, 6) is 0.0789. The number of rotatable bonds is 5. The van der Waals surface area contributed by atoms with Crippen LogP contribution in [0.1, 0.15) is 31.0 Å². The Kier molecular flexibility index (Phi) is 5.36. The average Bonchev–Trinajstić information content (AvgIpc) is 3.11. The number of hydrogen-bond donors (Lipinski definition) is 1. The van der Waals surface area contributed by atoms with Crippen LogP contribution in [0.3, 0.4) is 0 Å². The molecule has 0 atom stereocenters. The highest BCUT2D eigenvalue weighted by Gasteiger charge is 2.20. The maximum absolute atomic E-state index is 13.0. The topological polar surface area (TPSA) is 100 Å². The van der Waals surface area contributed by atoms with Gasteiger partial charge in [-0.15, -0.1) is 0 Å². The third-order valence-electron chi connectivity index (χ3n) is 6.09. The number of aryl methyl sites for hydroxylation is 2. The van der Waals surface area contributed by atoms with Crippen molar-refractivity contribution in [2.75, 3.05) is 4.72 Å². The second kappa shape index (κ2) is 7.80. The molecule has 0 aliphatic carbocycles. The zero-order valence-electron chi connectivity index (χ0n) is 19.4. The lowest BCUT2D eigenvalue weighted by molar-refractivity contribution is 0.601. The predicted molar refractivity (Wildman–Crippen MR) is 129 cm³/mol. The van der Waals surface area contributed by atoms with Crippen molar-refractivity contribution in [3.63, 3.8) is 0 Å². The second-order valence-corrected chi connectivity index (χ2v) is 10.2. The summed E-state index contributed by atoms with van der Waals surface area (Å²) in [6, 6.07) is 11.1. The molecule has 2 aromatic carbocycles. The van der Waals surface area contributed by atoms with Gasteiger partial charge in [-0.25, -0.2) is 17.9 Å². The molecule has 10 heteroatoms. The maximum Gasteiger partial charge on any atom is 0.328 e. The van der Waals surface area contributed by atoms with Crippen LogP contribution in [0, 0.1) is 6.92 Å². The molecule has 0 saturated carbocycles.